The standard InChI is InChI=1S/C13H16N4O/c1-4-12-15-7-8-17(12)10-5-6-14-11(9-10)13(18)16(2)3/h5-9H,4H2,1-3H3. The molecule has 2 rings (SSSR count). The maximum Gasteiger partial charge on any atom is 0.272 e. The van der Waals surface area contributed by atoms with Crippen molar-refractivity contribution < 1.29 is 4.79 Å². The topological polar surface area (TPSA) is 51.0 Å². The van der Waals surface area contributed by atoms with E-state index in [1.165, 1.54) is 4.90 Å². The van der Waals surface area contributed by atoms with Crippen LogP contribution in [0, 0.1) is 0 Å². The Kier molecular flexibility index (Phi) is 3.41. The molecule has 0 aromatic carbocycles. The Hall–Kier alpha value is -2.17. The van der Waals surface area contributed by atoms with Crippen molar-refractivity contribution in [1.29, 1.82) is 0 Å². The van der Waals surface area contributed by atoms with Crippen LogP contribution in [0.2, 0.25) is 0 Å². The summed E-state index contributed by atoms with van der Waals surface area (Å²) in [7, 11) is 3.43. The molecule has 0 saturated heterocycles. The first-order chi connectivity index (χ1) is 8.63. The Bertz CT molecular complexity index is 560. The lowest BCUT2D eigenvalue weighted by Crippen LogP contribution is -2.22. The minimum Gasteiger partial charge on any atom is -0.343 e. The fraction of sp³-hybridized carbons (Fsp3) is 0.308. The van der Waals surface area contributed by atoms with E-state index in [4.69, 9.17) is 0 Å². The lowest BCUT2D eigenvalue weighted by atomic mass is 10.3. The van der Waals surface area contributed by atoms with Crippen LogP contribution < -0.4 is 0 Å². The molecule has 0 fully saturated rings. The second kappa shape index (κ2) is 5.00. The van der Waals surface area contributed by atoms with E-state index in [2.05, 4.69) is 9.97 Å². The number of hydrogen-bond donors (Lipinski definition) is 0. The Morgan fingerprint density at radius 3 is 2.78 bits per heavy atom. The highest BCUT2D eigenvalue weighted by atomic mass is 16.2. The van der Waals surface area contributed by atoms with Crippen LogP contribution in [0.3, 0.4) is 0 Å². The van der Waals surface area contributed by atoms with Crippen molar-refractivity contribution in [2.24, 2.45) is 0 Å². The number of imidazole rings is 1. The van der Waals surface area contributed by atoms with Gasteiger partial charge in [0.05, 0.1) is 5.69 Å². The van der Waals surface area contributed by atoms with Gasteiger partial charge in [-0.25, -0.2) is 4.98 Å². The first kappa shape index (κ1) is 12.3. The first-order valence-corrected chi connectivity index (χ1v) is 5.83. The van der Waals surface area contributed by atoms with Gasteiger partial charge in [-0.05, 0) is 12.1 Å². The molecule has 0 bridgehead atoms. The van der Waals surface area contributed by atoms with E-state index in [9.17, 15) is 4.79 Å². The van der Waals surface area contributed by atoms with Crippen LogP contribution in [0.4, 0.5) is 0 Å². The molecule has 5 heteroatoms. The maximum absolute atomic E-state index is 11.9. The molecule has 0 aliphatic carbocycles. The van der Waals surface area contributed by atoms with Crippen molar-refractivity contribution >= 4 is 5.91 Å². The van der Waals surface area contributed by atoms with Crippen LogP contribution in [0.5, 0.6) is 0 Å². The van der Waals surface area contributed by atoms with Crippen molar-refractivity contribution in [3.63, 3.8) is 0 Å². The van der Waals surface area contributed by atoms with Crippen molar-refractivity contribution in [1.82, 2.24) is 19.4 Å². The Labute approximate surface area is 106 Å². The zero-order valence-electron chi connectivity index (χ0n) is 10.8. The van der Waals surface area contributed by atoms with E-state index >= 15 is 0 Å². The van der Waals surface area contributed by atoms with Gasteiger partial charge < -0.3 is 9.47 Å². The molecule has 2 heterocycles. The van der Waals surface area contributed by atoms with E-state index in [-0.39, 0.29) is 5.91 Å². The maximum atomic E-state index is 11.9. The normalized spacial score (nSPS) is 10.4. The van der Waals surface area contributed by atoms with Gasteiger partial charge in [-0.1, -0.05) is 6.92 Å². The van der Waals surface area contributed by atoms with Crippen LogP contribution in [0.1, 0.15) is 23.2 Å². The third-order valence-electron chi connectivity index (χ3n) is 2.68. The Morgan fingerprint density at radius 1 is 1.33 bits per heavy atom. The number of rotatable bonds is 3. The van der Waals surface area contributed by atoms with Crippen molar-refractivity contribution in [2.75, 3.05) is 14.1 Å². The number of carbonyl (C=O) groups is 1. The quantitative estimate of drug-likeness (QED) is 0.822. The van der Waals surface area contributed by atoms with Gasteiger partial charge in [0.15, 0.2) is 0 Å². The fourth-order valence-corrected chi connectivity index (χ4v) is 1.75. The average Bonchev–Trinajstić information content (AvgIpc) is 2.86. The lowest BCUT2D eigenvalue weighted by molar-refractivity contribution is 0.0822. The summed E-state index contributed by atoms with van der Waals surface area (Å²) in [6.45, 7) is 2.05. The van der Waals surface area contributed by atoms with Gasteiger partial charge in [0.25, 0.3) is 5.91 Å². The van der Waals surface area contributed by atoms with Gasteiger partial charge in [0.1, 0.15) is 11.5 Å². The summed E-state index contributed by atoms with van der Waals surface area (Å²) in [6.07, 6.45) is 6.13. The highest BCUT2D eigenvalue weighted by Gasteiger charge is 2.11. The molecule has 0 atom stereocenters. The molecule has 0 saturated carbocycles. The second-order valence-corrected chi connectivity index (χ2v) is 4.17. The minimum absolute atomic E-state index is 0.102. The molecule has 0 unspecified atom stereocenters. The molecule has 0 aliphatic rings. The van der Waals surface area contributed by atoms with E-state index in [1.54, 1.807) is 32.6 Å². The Morgan fingerprint density at radius 2 is 2.11 bits per heavy atom. The van der Waals surface area contributed by atoms with Gasteiger partial charge in [0, 0.05) is 39.1 Å². The molecular formula is C13H16N4O. The van der Waals surface area contributed by atoms with Gasteiger partial charge in [-0.3, -0.25) is 9.78 Å². The molecule has 2 aromatic rings. The molecule has 94 valence electrons. The zero-order chi connectivity index (χ0) is 13.1. The van der Waals surface area contributed by atoms with Crippen molar-refractivity contribution in [3.05, 3.63) is 42.2 Å². The summed E-state index contributed by atoms with van der Waals surface area (Å²) in [5.41, 5.74) is 1.35. The predicted molar refractivity (Wildman–Crippen MR) is 68.8 cm³/mol. The van der Waals surface area contributed by atoms with E-state index in [0.29, 0.717) is 5.69 Å². The zero-order valence-corrected chi connectivity index (χ0v) is 10.8. The SMILES string of the molecule is CCc1nccn1-c1ccnc(C(=O)N(C)C)c1. The smallest absolute Gasteiger partial charge is 0.272 e. The highest BCUT2D eigenvalue weighted by Crippen LogP contribution is 2.12. The lowest BCUT2D eigenvalue weighted by Gasteiger charge is -2.11. The molecule has 1 amide bonds. The van der Waals surface area contributed by atoms with E-state index < -0.39 is 0 Å². The third-order valence-corrected chi connectivity index (χ3v) is 2.68. The number of amides is 1. The van der Waals surface area contributed by atoms with Crippen LogP contribution in [-0.2, 0) is 6.42 Å². The van der Waals surface area contributed by atoms with Crippen LogP contribution in [0.15, 0.2) is 30.7 Å². The van der Waals surface area contributed by atoms with Gasteiger partial charge >= 0.3 is 0 Å². The highest BCUT2D eigenvalue weighted by molar-refractivity contribution is 5.92. The second-order valence-electron chi connectivity index (χ2n) is 4.17. The molecule has 18 heavy (non-hydrogen) atoms. The Balaban J connectivity index is 2.42. The summed E-state index contributed by atoms with van der Waals surface area (Å²) >= 11 is 0. The molecular weight excluding hydrogens is 228 g/mol. The molecule has 5 nitrogen and oxygen atoms in total. The summed E-state index contributed by atoms with van der Waals surface area (Å²) in [6, 6.07) is 3.65. The summed E-state index contributed by atoms with van der Waals surface area (Å²) in [5, 5.41) is 0. The number of nitrogens with zero attached hydrogens (tertiary/aromatic N) is 4. The average molecular weight is 244 g/mol. The molecule has 0 N–H and O–H groups in total. The number of pyridine rings is 1. The van der Waals surface area contributed by atoms with Gasteiger partial charge in [-0.15, -0.1) is 0 Å². The van der Waals surface area contributed by atoms with Crippen LogP contribution >= 0.6 is 0 Å². The van der Waals surface area contributed by atoms with Gasteiger partial charge in [0.2, 0.25) is 0 Å². The summed E-state index contributed by atoms with van der Waals surface area (Å²) < 4.78 is 1.97. The first-order valence-electron chi connectivity index (χ1n) is 5.83. The van der Waals surface area contributed by atoms with E-state index in [1.807, 2.05) is 23.8 Å². The monoisotopic (exact) mass is 244 g/mol. The minimum atomic E-state index is -0.102. The number of aryl methyl sites for hydroxylation is 1. The fourth-order valence-electron chi connectivity index (χ4n) is 1.75. The van der Waals surface area contributed by atoms with Gasteiger partial charge in [-0.2, -0.15) is 0 Å². The van der Waals surface area contributed by atoms with Crippen LogP contribution in [-0.4, -0.2) is 39.4 Å². The summed E-state index contributed by atoms with van der Waals surface area (Å²) in [5.74, 6) is 0.861. The van der Waals surface area contributed by atoms with Crippen molar-refractivity contribution in [2.45, 2.75) is 13.3 Å². The molecule has 0 spiro atoms. The summed E-state index contributed by atoms with van der Waals surface area (Å²) in [4.78, 5) is 21.7. The predicted octanol–water partition coefficient (Wildman–Crippen LogP) is 1.53. The molecule has 2 aromatic heterocycles. The van der Waals surface area contributed by atoms with E-state index in [0.717, 1.165) is 17.9 Å². The molecule has 0 radical (unpaired) electrons. The largest absolute Gasteiger partial charge is 0.343 e. The number of hydrogen-bond acceptors (Lipinski definition) is 3. The van der Waals surface area contributed by atoms with Crippen LogP contribution in [0.25, 0.3) is 5.69 Å². The number of carbonyl (C=O) groups excluding carboxylic acids is 1. The third kappa shape index (κ3) is 2.25. The molecule has 0 aliphatic heterocycles. The van der Waals surface area contributed by atoms with Crippen molar-refractivity contribution in [3.8, 4) is 5.69 Å². The number of aromatic nitrogens is 3.